The SMILES string of the molecule is CN1CC(N2Cc3cnc4nc3N(C/C=C/COCc3cc(ccc3OCCN3CCOCC3)N4)C2=O)C1. The van der Waals surface area contributed by atoms with Crippen LogP contribution >= 0.6 is 0 Å². The lowest BCUT2D eigenvalue weighted by Crippen LogP contribution is -2.62. The van der Waals surface area contributed by atoms with E-state index in [1.807, 2.05) is 41.4 Å². The Bertz CT molecular complexity index is 1180. The van der Waals surface area contributed by atoms with E-state index in [1.165, 1.54) is 0 Å². The molecule has 11 nitrogen and oxygen atoms in total. The maximum atomic E-state index is 13.5. The van der Waals surface area contributed by atoms with Gasteiger partial charge in [0.15, 0.2) is 0 Å². The number of nitrogens with zero attached hydrogens (tertiary/aromatic N) is 6. The predicted octanol–water partition coefficient (Wildman–Crippen LogP) is 2.07. The van der Waals surface area contributed by atoms with Gasteiger partial charge in [0.05, 0.1) is 39.0 Å². The van der Waals surface area contributed by atoms with Gasteiger partial charge in [0.25, 0.3) is 0 Å². The number of carbonyl (C=O) groups excluding carboxylic acids is 1. The van der Waals surface area contributed by atoms with E-state index in [4.69, 9.17) is 19.2 Å². The molecule has 0 atom stereocenters. The predicted molar refractivity (Wildman–Crippen MR) is 143 cm³/mol. The second-order valence-electron chi connectivity index (χ2n) is 10.2. The third kappa shape index (κ3) is 5.46. The molecule has 0 aliphatic carbocycles. The Labute approximate surface area is 223 Å². The topological polar surface area (TPSA) is 95.5 Å². The molecule has 2 aromatic rings. The largest absolute Gasteiger partial charge is 0.492 e. The molecular formula is C27H35N7O4. The van der Waals surface area contributed by atoms with Gasteiger partial charge in [-0.05, 0) is 25.2 Å². The molecule has 0 radical (unpaired) electrons. The smallest absolute Gasteiger partial charge is 0.326 e. The van der Waals surface area contributed by atoms with Crippen molar-refractivity contribution in [1.82, 2.24) is 24.7 Å². The molecule has 2 amide bonds. The number of anilines is 3. The van der Waals surface area contributed by atoms with Crippen molar-refractivity contribution >= 4 is 23.5 Å². The molecule has 1 aromatic heterocycles. The van der Waals surface area contributed by atoms with Crippen molar-refractivity contribution < 1.29 is 19.0 Å². The number of morpholine rings is 1. The van der Waals surface area contributed by atoms with Gasteiger partial charge in [0.2, 0.25) is 5.95 Å². The maximum Gasteiger partial charge on any atom is 0.326 e. The number of likely N-dealkylation sites (tertiary alicyclic amines) is 1. The van der Waals surface area contributed by atoms with Gasteiger partial charge < -0.3 is 29.3 Å². The number of amides is 2. The molecule has 11 heteroatoms. The summed E-state index contributed by atoms with van der Waals surface area (Å²) < 4.78 is 17.5. The highest BCUT2D eigenvalue weighted by molar-refractivity contribution is 5.94. The Kier molecular flexibility index (Phi) is 7.41. The van der Waals surface area contributed by atoms with Crippen LogP contribution in [0.15, 0.2) is 36.5 Å². The van der Waals surface area contributed by atoms with E-state index >= 15 is 0 Å². The molecule has 4 aliphatic heterocycles. The van der Waals surface area contributed by atoms with Crippen LogP contribution in [-0.4, -0.2) is 109 Å². The number of carbonyl (C=O) groups is 1. The minimum absolute atomic E-state index is 0.0150. The molecule has 6 rings (SSSR count). The van der Waals surface area contributed by atoms with Crippen molar-refractivity contribution in [3.8, 4) is 5.75 Å². The highest BCUT2D eigenvalue weighted by atomic mass is 16.5. The quantitative estimate of drug-likeness (QED) is 0.594. The number of rotatable bonds is 5. The molecule has 1 N–H and O–H groups in total. The number of nitrogens with one attached hydrogen (secondary N) is 1. The lowest BCUT2D eigenvalue weighted by molar-refractivity contribution is 0.0320. The van der Waals surface area contributed by atoms with Crippen LogP contribution in [0.25, 0.3) is 0 Å². The van der Waals surface area contributed by atoms with Crippen LogP contribution in [0.1, 0.15) is 11.1 Å². The minimum atomic E-state index is -0.0150. The Morgan fingerprint density at radius 2 is 2.00 bits per heavy atom. The van der Waals surface area contributed by atoms with Crippen LogP contribution in [0.4, 0.5) is 22.2 Å². The Balaban J connectivity index is 1.21. The Morgan fingerprint density at radius 1 is 1.13 bits per heavy atom. The number of aromatic nitrogens is 2. The van der Waals surface area contributed by atoms with E-state index in [9.17, 15) is 4.79 Å². The van der Waals surface area contributed by atoms with E-state index < -0.39 is 0 Å². The molecule has 202 valence electrons. The van der Waals surface area contributed by atoms with Gasteiger partial charge in [-0.15, -0.1) is 0 Å². The van der Waals surface area contributed by atoms with Gasteiger partial charge >= 0.3 is 6.03 Å². The normalized spacial score (nSPS) is 21.9. The Hall–Kier alpha value is -3.25. The number of likely N-dealkylation sites (N-methyl/N-ethyl adjacent to an activating group) is 1. The monoisotopic (exact) mass is 521 g/mol. The molecule has 4 bridgehead atoms. The first kappa shape index (κ1) is 25.1. The fraction of sp³-hybridized carbons (Fsp3) is 0.519. The molecule has 38 heavy (non-hydrogen) atoms. The fourth-order valence-corrected chi connectivity index (χ4v) is 5.25. The zero-order valence-electron chi connectivity index (χ0n) is 21.8. The third-order valence-electron chi connectivity index (χ3n) is 7.41. The van der Waals surface area contributed by atoms with Gasteiger partial charge in [-0.2, -0.15) is 4.98 Å². The summed E-state index contributed by atoms with van der Waals surface area (Å²) in [4.78, 5) is 31.1. The minimum Gasteiger partial charge on any atom is -0.492 e. The number of urea groups is 1. The van der Waals surface area contributed by atoms with Crippen molar-refractivity contribution in [2.75, 3.05) is 83.0 Å². The molecule has 5 heterocycles. The molecule has 2 fully saturated rings. The summed E-state index contributed by atoms with van der Waals surface area (Å²) >= 11 is 0. The maximum absolute atomic E-state index is 13.5. The van der Waals surface area contributed by atoms with Crippen molar-refractivity contribution in [1.29, 1.82) is 0 Å². The summed E-state index contributed by atoms with van der Waals surface area (Å²) in [5.41, 5.74) is 2.74. The molecule has 1 aromatic carbocycles. The average Bonchev–Trinajstić information content (AvgIpc) is 2.91. The van der Waals surface area contributed by atoms with E-state index in [0.717, 1.165) is 68.5 Å². The molecule has 0 spiro atoms. The van der Waals surface area contributed by atoms with E-state index in [2.05, 4.69) is 27.1 Å². The number of benzene rings is 1. The van der Waals surface area contributed by atoms with Crippen LogP contribution in [0.2, 0.25) is 0 Å². The number of fused-ring (bicyclic) bond motifs is 3. The summed E-state index contributed by atoms with van der Waals surface area (Å²) in [5, 5.41) is 3.31. The molecular weight excluding hydrogens is 486 g/mol. The zero-order valence-corrected chi connectivity index (χ0v) is 21.8. The van der Waals surface area contributed by atoms with Crippen molar-refractivity contribution in [3.63, 3.8) is 0 Å². The van der Waals surface area contributed by atoms with E-state index in [-0.39, 0.29) is 12.1 Å². The van der Waals surface area contributed by atoms with Crippen LogP contribution in [-0.2, 0) is 22.6 Å². The summed E-state index contributed by atoms with van der Waals surface area (Å²) in [6.07, 6.45) is 5.76. The second-order valence-corrected chi connectivity index (χ2v) is 10.2. The molecule has 0 unspecified atom stereocenters. The first-order valence-electron chi connectivity index (χ1n) is 13.3. The van der Waals surface area contributed by atoms with Crippen molar-refractivity contribution in [3.05, 3.63) is 47.7 Å². The third-order valence-corrected chi connectivity index (χ3v) is 7.41. The summed E-state index contributed by atoms with van der Waals surface area (Å²) in [6.45, 7) is 8.45. The van der Waals surface area contributed by atoms with Gasteiger partial charge in [0.1, 0.15) is 18.2 Å². The van der Waals surface area contributed by atoms with E-state index in [1.54, 1.807) is 4.90 Å². The number of hydrogen-bond donors (Lipinski definition) is 1. The highest BCUT2D eigenvalue weighted by Gasteiger charge is 2.39. The first-order chi connectivity index (χ1) is 18.6. The second kappa shape index (κ2) is 11.2. The summed E-state index contributed by atoms with van der Waals surface area (Å²) in [6, 6.07) is 6.13. The van der Waals surface area contributed by atoms with Crippen LogP contribution in [0.5, 0.6) is 5.75 Å². The zero-order chi connectivity index (χ0) is 25.9. The van der Waals surface area contributed by atoms with Crippen LogP contribution in [0, 0.1) is 0 Å². The van der Waals surface area contributed by atoms with Gasteiger partial charge in [0, 0.05) is 62.3 Å². The lowest BCUT2D eigenvalue weighted by Gasteiger charge is -2.47. The fourth-order valence-electron chi connectivity index (χ4n) is 5.25. The van der Waals surface area contributed by atoms with E-state index in [0.29, 0.717) is 44.7 Å². The molecule has 4 aliphatic rings. The average molecular weight is 522 g/mol. The standard InChI is InChI=1S/C27H35N7O4/c1-31-17-23(18-31)34-16-21-15-28-26-29-22-4-5-24(38-13-9-32-7-11-36-12-8-32)20(14-22)19-37-10-3-2-6-33(27(34)35)25(21)30-26/h2-5,14-15,23H,6-13,16-19H2,1H3,(H,28,29,30)/b3-2+. The Morgan fingerprint density at radius 3 is 2.84 bits per heavy atom. The van der Waals surface area contributed by atoms with Gasteiger partial charge in [-0.1, -0.05) is 12.2 Å². The van der Waals surface area contributed by atoms with Gasteiger partial charge in [-0.25, -0.2) is 9.78 Å². The molecule has 2 saturated heterocycles. The van der Waals surface area contributed by atoms with Crippen LogP contribution < -0.4 is 15.0 Å². The lowest BCUT2D eigenvalue weighted by atomic mass is 10.1. The summed E-state index contributed by atoms with van der Waals surface area (Å²) in [7, 11) is 2.07. The highest BCUT2D eigenvalue weighted by Crippen LogP contribution is 2.32. The summed E-state index contributed by atoms with van der Waals surface area (Å²) in [5.74, 6) is 1.92. The van der Waals surface area contributed by atoms with Gasteiger partial charge in [-0.3, -0.25) is 9.80 Å². The molecule has 0 saturated carbocycles. The number of ether oxygens (including phenoxy) is 3. The van der Waals surface area contributed by atoms with Crippen LogP contribution in [0.3, 0.4) is 0 Å². The van der Waals surface area contributed by atoms with Crippen molar-refractivity contribution in [2.24, 2.45) is 0 Å². The first-order valence-corrected chi connectivity index (χ1v) is 13.3. The van der Waals surface area contributed by atoms with Crippen molar-refractivity contribution in [2.45, 2.75) is 19.2 Å². The number of hydrogen-bond acceptors (Lipinski definition) is 9.